The minimum atomic E-state index is -0.552. The van der Waals surface area contributed by atoms with Crippen LogP contribution < -0.4 is 9.64 Å². The average molecular weight is 444 g/mol. The van der Waals surface area contributed by atoms with Gasteiger partial charge in [0.25, 0.3) is 0 Å². The van der Waals surface area contributed by atoms with Crippen molar-refractivity contribution in [3.63, 3.8) is 0 Å². The SMILES string of the molecule is CCCCC(=O)N(Cc1ccc(-c2ccccc2C#N)cc1)c1nc(OC)ccc1[N+](=O)[O-]. The number of nitro groups is 1. The van der Waals surface area contributed by atoms with Crippen LogP contribution in [0.4, 0.5) is 11.5 Å². The fraction of sp³-hybridized carbons (Fsp3) is 0.240. The fourth-order valence-electron chi connectivity index (χ4n) is 3.43. The molecular weight excluding hydrogens is 420 g/mol. The van der Waals surface area contributed by atoms with Crippen molar-refractivity contribution in [3.8, 4) is 23.1 Å². The first-order valence-corrected chi connectivity index (χ1v) is 10.6. The van der Waals surface area contributed by atoms with E-state index in [2.05, 4.69) is 11.1 Å². The maximum absolute atomic E-state index is 13.0. The minimum absolute atomic E-state index is 0.0423. The zero-order chi connectivity index (χ0) is 23.8. The van der Waals surface area contributed by atoms with Gasteiger partial charge in [0.1, 0.15) is 0 Å². The molecular formula is C25H24N4O4. The average Bonchev–Trinajstić information content (AvgIpc) is 2.85. The van der Waals surface area contributed by atoms with Gasteiger partial charge in [-0.3, -0.25) is 19.8 Å². The first-order chi connectivity index (χ1) is 16.0. The molecule has 0 saturated heterocycles. The molecule has 0 spiro atoms. The Labute approximate surface area is 192 Å². The van der Waals surface area contributed by atoms with Crippen molar-refractivity contribution in [2.45, 2.75) is 32.7 Å². The van der Waals surface area contributed by atoms with Crippen LogP contribution in [-0.2, 0) is 11.3 Å². The van der Waals surface area contributed by atoms with Gasteiger partial charge >= 0.3 is 5.69 Å². The van der Waals surface area contributed by atoms with Gasteiger partial charge < -0.3 is 4.74 Å². The highest BCUT2D eigenvalue weighted by Crippen LogP contribution is 2.31. The molecule has 8 nitrogen and oxygen atoms in total. The summed E-state index contributed by atoms with van der Waals surface area (Å²) in [5.74, 6) is -0.105. The molecule has 1 amide bonds. The summed E-state index contributed by atoms with van der Waals surface area (Å²) in [6.45, 7) is 2.09. The van der Waals surface area contributed by atoms with Gasteiger partial charge in [-0.2, -0.15) is 10.2 Å². The van der Waals surface area contributed by atoms with E-state index in [1.165, 1.54) is 24.1 Å². The number of pyridine rings is 1. The monoisotopic (exact) mass is 444 g/mol. The molecule has 0 aliphatic rings. The highest BCUT2D eigenvalue weighted by atomic mass is 16.6. The lowest BCUT2D eigenvalue weighted by Crippen LogP contribution is -2.31. The lowest BCUT2D eigenvalue weighted by Gasteiger charge is -2.22. The predicted molar refractivity (Wildman–Crippen MR) is 125 cm³/mol. The topological polar surface area (TPSA) is 109 Å². The molecule has 33 heavy (non-hydrogen) atoms. The number of unbranched alkanes of at least 4 members (excludes halogenated alkanes) is 1. The molecule has 0 bridgehead atoms. The van der Waals surface area contributed by atoms with Crippen molar-refractivity contribution >= 4 is 17.4 Å². The number of methoxy groups -OCH3 is 1. The first-order valence-electron chi connectivity index (χ1n) is 10.6. The normalized spacial score (nSPS) is 10.3. The maximum atomic E-state index is 13.0. The van der Waals surface area contributed by atoms with Crippen LogP contribution in [0.25, 0.3) is 11.1 Å². The third-order valence-corrected chi connectivity index (χ3v) is 5.19. The second-order valence-corrected chi connectivity index (χ2v) is 7.39. The number of carbonyl (C=O) groups is 1. The molecule has 2 aromatic carbocycles. The molecule has 0 aliphatic heterocycles. The Morgan fingerprint density at radius 1 is 1.15 bits per heavy atom. The molecule has 0 saturated carbocycles. The zero-order valence-corrected chi connectivity index (χ0v) is 18.5. The van der Waals surface area contributed by atoms with Crippen LogP contribution in [0.1, 0.15) is 37.3 Å². The number of hydrogen-bond acceptors (Lipinski definition) is 6. The van der Waals surface area contributed by atoms with E-state index in [9.17, 15) is 20.2 Å². The molecule has 0 fully saturated rings. The Morgan fingerprint density at radius 2 is 1.88 bits per heavy atom. The summed E-state index contributed by atoms with van der Waals surface area (Å²) >= 11 is 0. The molecule has 0 N–H and O–H groups in total. The Kier molecular flexibility index (Phi) is 7.71. The van der Waals surface area contributed by atoms with E-state index in [0.29, 0.717) is 12.0 Å². The summed E-state index contributed by atoms with van der Waals surface area (Å²) in [5.41, 5.74) is 2.76. The van der Waals surface area contributed by atoms with Gasteiger partial charge in [0, 0.05) is 18.6 Å². The van der Waals surface area contributed by atoms with Crippen molar-refractivity contribution in [1.82, 2.24) is 4.98 Å². The Bertz CT molecular complexity index is 1190. The van der Waals surface area contributed by atoms with Crippen molar-refractivity contribution in [3.05, 3.63) is 81.9 Å². The van der Waals surface area contributed by atoms with E-state index < -0.39 is 4.92 Å². The standard InChI is InChI=1S/C25H24N4O4/c1-3-4-9-24(30)28(25-22(29(31)32)14-15-23(27-25)33-2)17-18-10-12-19(13-11-18)21-8-6-5-7-20(21)16-26/h5-8,10-15H,3-4,9,17H2,1-2H3. The van der Waals surface area contributed by atoms with Crippen LogP contribution in [-0.4, -0.2) is 22.9 Å². The van der Waals surface area contributed by atoms with Gasteiger partial charge in [0.05, 0.1) is 30.2 Å². The number of hydrogen-bond donors (Lipinski definition) is 0. The fourth-order valence-corrected chi connectivity index (χ4v) is 3.43. The van der Waals surface area contributed by atoms with Crippen molar-refractivity contribution in [1.29, 1.82) is 5.26 Å². The van der Waals surface area contributed by atoms with Gasteiger partial charge in [0.15, 0.2) is 0 Å². The quantitative estimate of drug-likeness (QED) is 0.329. The number of nitrogens with zero attached hydrogens (tertiary/aromatic N) is 4. The second-order valence-electron chi connectivity index (χ2n) is 7.39. The number of rotatable bonds is 9. The maximum Gasteiger partial charge on any atom is 0.312 e. The van der Waals surface area contributed by atoms with E-state index in [-0.39, 0.29) is 36.3 Å². The minimum Gasteiger partial charge on any atom is -0.481 e. The number of benzene rings is 2. The van der Waals surface area contributed by atoms with Gasteiger partial charge in [-0.1, -0.05) is 55.8 Å². The van der Waals surface area contributed by atoms with Gasteiger partial charge in [0.2, 0.25) is 17.6 Å². The lowest BCUT2D eigenvalue weighted by atomic mass is 9.99. The molecule has 1 aromatic heterocycles. The smallest absolute Gasteiger partial charge is 0.312 e. The number of aromatic nitrogens is 1. The molecule has 168 valence electrons. The van der Waals surface area contributed by atoms with Crippen molar-refractivity contribution in [2.24, 2.45) is 0 Å². The number of ether oxygens (including phenoxy) is 1. The third-order valence-electron chi connectivity index (χ3n) is 5.19. The number of carbonyl (C=O) groups excluding carboxylic acids is 1. The highest BCUT2D eigenvalue weighted by Gasteiger charge is 2.27. The largest absolute Gasteiger partial charge is 0.481 e. The summed E-state index contributed by atoms with van der Waals surface area (Å²) < 4.78 is 5.14. The van der Waals surface area contributed by atoms with Crippen LogP contribution in [0.5, 0.6) is 5.88 Å². The van der Waals surface area contributed by atoms with Crippen molar-refractivity contribution < 1.29 is 14.5 Å². The van der Waals surface area contributed by atoms with Crippen LogP contribution in [0.3, 0.4) is 0 Å². The second kappa shape index (κ2) is 10.9. The van der Waals surface area contributed by atoms with E-state index in [0.717, 1.165) is 23.1 Å². The molecule has 1 heterocycles. The summed E-state index contributed by atoms with van der Waals surface area (Å²) in [6.07, 6.45) is 1.73. The van der Waals surface area contributed by atoms with Crippen LogP contribution in [0.2, 0.25) is 0 Å². The first kappa shape index (κ1) is 23.4. The van der Waals surface area contributed by atoms with E-state index in [1.54, 1.807) is 6.07 Å². The van der Waals surface area contributed by atoms with Gasteiger partial charge in [-0.15, -0.1) is 0 Å². The molecule has 3 rings (SSSR count). The zero-order valence-electron chi connectivity index (χ0n) is 18.5. The van der Waals surface area contributed by atoms with Crippen molar-refractivity contribution in [2.75, 3.05) is 12.0 Å². The molecule has 0 radical (unpaired) electrons. The molecule has 3 aromatic rings. The molecule has 8 heteroatoms. The van der Waals surface area contributed by atoms with Crippen LogP contribution >= 0.6 is 0 Å². The van der Waals surface area contributed by atoms with Crippen LogP contribution in [0, 0.1) is 21.4 Å². The number of anilines is 1. The molecule has 0 aliphatic carbocycles. The Balaban J connectivity index is 1.98. The summed E-state index contributed by atoms with van der Waals surface area (Å²) in [5, 5.41) is 21.0. The molecule has 0 unspecified atom stereocenters. The predicted octanol–water partition coefficient (Wildman–Crippen LogP) is 5.26. The van der Waals surface area contributed by atoms with Crippen LogP contribution in [0.15, 0.2) is 60.7 Å². The Morgan fingerprint density at radius 3 is 2.52 bits per heavy atom. The molecule has 0 atom stereocenters. The van der Waals surface area contributed by atoms with Gasteiger partial charge in [-0.25, -0.2) is 0 Å². The van der Waals surface area contributed by atoms with E-state index in [4.69, 9.17) is 4.74 Å². The lowest BCUT2D eigenvalue weighted by molar-refractivity contribution is -0.384. The summed E-state index contributed by atoms with van der Waals surface area (Å²) in [7, 11) is 1.42. The summed E-state index contributed by atoms with van der Waals surface area (Å²) in [6, 6.07) is 19.6. The van der Waals surface area contributed by atoms with E-state index in [1.807, 2.05) is 49.4 Å². The van der Waals surface area contributed by atoms with Gasteiger partial charge in [-0.05, 0) is 29.2 Å². The Hall–Kier alpha value is -4.25. The number of nitriles is 1. The summed E-state index contributed by atoms with van der Waals surface area (Å²) in [4.78, 5) is 29.7. The highest BCUT2D eigenvalue weighted by molar-refractivity contribution is 5.94. The van der Waals surface area contributed by atoms with E-state index >= 15 is 0 Å². The number of amides is 1. The third kappa shape index (κ3) is 5.52.